The van der Waals surface area contributed by atoms with Crippen molar-refractivity contribution in [2.24, 2.45) is 5.73 Å². The molecule has 1 aromatic heterocycles. The predicted octanol–water partition coefficient (Wildman–Crippen LogP) is 4.58. The minimum Gasteiger partial charge on any atom is -0.384 e. The van der Waals surface area contributed by atoms with Crippen LogP contribution in [0.15, 0.2) is 53.0 Å². The number of benzene rings is 1. The van der Waals surface area contributed by atoms with Crippen molar-refractivity contribution in [3.05, 3.63) is 78.4 Å². The first-order valence-corrected chi connectivity index (χ1v) is 10.4. The molecule has 1 aliphatic heterocycles. The van der Waals surface area contributed by atoms with Crippen LogP contribution in [0, 0.1) is 35.3 Å². The lowest BCUT2D eigenvalue weighted by molar-refractivity contribution is -0.384. The Balaban J connectivity index is 1.94. The van der Waals surface area contributed by atoms with Crippen molar-refractivity contribution in [1.29, 1.82) is 5.26 Å². The molecule has 0 amide bonds. The van der Waals surface area contributed by atoms with Crippen molar-refractivity contribution in [2.75, 3.05) is 4.90 Å². The summed E-state index contributed by atoms with van der Waals surface area (Å²) in [6, 6.07) is 10.3. The molecular weight excluding hydrogens is 400 g/mol. The maximum atomic E-state index is 13.1. The third kappa shape index (κ3) is 3.08. The molecule has 2 aliphatic rings. The second-order valence-corrected chi connectivity index (χ2v) is 8.92. The molecule has 2 N–H and O–H groups in total. The minimum absolute atomic E-state index is 0.0247. The largest absolute Gasteiger partial charge is 0.384 e. The van der Waals surface area contributed by atoms with Crippen molar-refractivity contribution >= 4 is 28.5 Å². The van der Waals surface area contributed by atoms with E-state index in [9.17, 15) is 20.2 Å². The van der Waals surface area contributed by atoms with E-state index in [-0.39, 0.29) is 17.3 Å². The van der Waals surface area contributed by atoms with Crippen molar-refractivity contribution in [1.82, 2.24) is 0 Å². The van der Waals surface area contributed by atoms with Crippen LogP contribution >= 0.6 is 11.3 Å². The van der Waals surface area contributed by atoms with Gasteiger partial charge >= 0.3 is 0 Å². The van der Waals surface area contributed by atoms with Gasteiger partial charge in [-0.05, 0) is 50.5 Å². The van der Waals surface area contributed by atoms with Gasteiger partial charge < -0.3 is 5.73 Å². The smallest absolute Gasteiger partial charge is 0.269 e. The monoisotopic (exact) mass is 420 g/mol. The summed E-state index contributed by atoms with van der Waals surface area (Å²) in [6.07, 6.45) is 1.78. The number of nitro groups is 1. The Morgan fingerprint density at radius 1 is 1.27 bits per heavy atom. The Morgan fingerprint density at radius 3 is 2.53 bits per heavy atom. The van der Waals surface area contributed by atoms with Gasteiger partial charge in [0.1, 0.15) is 5.82 Å². The van der Waals surface area contributed by atoms with Gasteiger partial charge in [-0.25, -0.2) is 0 Å². The van der Waals surface area contributed by atoms with E-state index in [1.54, 1.807) is 28.4 Å². The maximum absolute atomic E-state index is 13.1. The molecule has 1 aliphatic carbocycles. The van der Waals surface area contributed by atoms with Crippen molar-refractivity contribution < 1.29 is 9.72 Å². The van der Waals surface area contributed by atoms with Crippen LogP contribution in [0.3, 0.4) is 0 Å². The highest BCUT2D eigenvalue weighted by Gasteiger charge is 2.41. The average Bonchev–Trinajstić information content (AvgIpc) is 3.05. The summed E-state index contributed by atoms with van der Waals surface area (Å²) in [6.45, 7) is 4.00. The molecule has 1 atom stereocenters. The Kier molecular flexibility index (Phi) is 4.92. The molecule has 0 saturated carbocycles. The molecular formula is C22H20N4O3S. The number of carbonyl (C=O) groups is 1. The Labute approximate surface area is 177 Å². The van der Waals surface area contributed by atoms with Crippen LogP contribution in [0.5, 0.6) is 0 Å². The number of carbonyl (C=O) groups excluding carboxylic acids is 1. The summed E-state index contributed by atoms with van der Waals surface area (Å²) in [5.74, 6) is -0.179. The molecule has 30 heavy (non-hydrogen) atoms. The van der Waals surface area contributed by atoms with Gasteiger partial charge in [-0.15, -0.1) is 11.3 Å². The van der Waals surface area contributed by atoms with Crippen molar-refractivity contribution in [3.63, 3.8) is 0 Å². The lowest BCUT2D eigenvalue weighted by Gasteiger charge is -2.39. The SMILES string of the molecule is Cc1cc([C@@H]2C(C#N)=C(N)N(c3ccc([N+](=O)[O-])cc3)C3=C2C(=O)CCC3)c(C)s1. The molecule has 0 saturated heterocycles. The molecule has 152 valence electrons. The molecule has 0 spiro atoms. The lowest BCUT2D eigenvalue weighted by Crippen LogP contribution is -2.38. The van der Waals surface area contributed by atoms with E-state index >= 15 is 0 Å². The highest BCUT2D eigenvalue weighted by atomic mass is 32.1. The number of thiophene rings is 1. The molecule has 0 unspecified atom stereocenters. The molecule has 2 heterocycles. The van der Waals surface area contributed by atoms with Gasteiger partial charge in [-0.3, -0.25) is 19.8 Å². The number of nitrogens with zero attached hydrogens (tertiary/aromatic N) is 3. The van der Waals surface area contributed by atoms with Crippen molar-refractivity contribution in [3.8, 4) is 6.07 Å². The molecule has 0 fully saturated rings. The van der Waals surface area contributed by atoms with Gasteiger partial charge in [0.05, 0.1) is 22.5 Å². The molecule has 8 heteroatoms. The summed E-state index contributed by atoms with van der Waals surface area (Å²) in [7, 11) is 0. The topological polar surface area (TPSA) is 113 Å². The molecule has 7 nitrogen and oxygen atoms in total. The van der Waals surface area contributed by atoms with Crippen LogP contribution in [0.4, 0.5) is 11.4 Å². The quantitative estimate of drug-likeness (QED) is 0.574. The van der Waals surface area contributed by atoms with Crippen molar-refractivity contribution in [2.45, 2.75) is 39.0 Å². The second kappa shape index (κ2) is 7.43. The number of hydrogen-bond acceptors (Lipinski definition) is 7. The first-order chi connectivity index (χ1) is 14.3. The van der Waals surface area contributed by atoms with Crippen LogP contribution < -0.4 is 10.6 Å². The van der Waals surface area contributed by atoms with Gasteiger partial charge in [0.25, 0.3) is 5.69 Å². The van der Waals surface area contributed by atoms with Gasteiger partial charge in [-0.2, -0.15) is 5.26 Å². The van der Waals surface area contributed by atoms with E-state index in [4.69, 9.17) is 5.73 Å². The Hall–Kier alpha value is -3.44. The summed E-state index contributed by atoms with van der Waals surface area (Å²) >= 11 is 1.63. The Bertz CT molecular complexity index is 1170. The highest BCUT2D eigenvalue weighted by Crippen LogP contribution is 2.48. The third-order valence-corrected chi connectivity index (χ3v) is 6.60. The van der Waals surface area contributed by atoms with Crippen LogP contribution in [0.1, 0.15) is 40.5 Å². The molecule has 2 aromatic rings. The number of Topliss-reactive ketones (excluding diaryl/α,β-unsaturated/α-hetero) is 1. The number of non-ortho nitro benzene ring substituents is 1. The number of ketones is 1. The van der Waals surface area contributed by atoms with Gasteiger partial charge in [-0.1, -0.05) is 0 Å². The number of nitrogens with two attached hydrogens (primary N) is 1. The summed E-state index contributed by atoms with van der Waals surface area (Å²) in [5, 5.41) is 21.0. The number of allylic oxidation sites excluding steroid dienone is 3. The van der Waals surface area contributed by atoms with Crippen LogP contribution in [-0.2, 0) is 4.79 Å². The normalized spacial score (nSPS) is 19.0. The number of anilines is 1. The van der Waals surface area contributed by atoms with Crippen LogP contribution in [0.25, 0.3) is 0 Å². The molecule has 0 bridgehead atoms. The van der Waals surface area contributed by atoms with Gasteiger partial charge in [0.15, 0.2) is 5.78 Å². The molecule has 4 rings (SSSR count). The zero-order valence-electron chi connectivity index (χ0n) is 16.6. The van der Waals surface area contributed by atoms with E-state index in [0.29, 0.717) is 36.1 Å². The second-order valence-electron chi connectivity index (χ2n) is 7.46. The third-order valence-electron chi connectivity index (χ3n) is 5.62. The van der Waals surface area contributed by atoms with E-state index in [1.165, 1.54) is 12.1 Å². The predicted molar refractivity (Wildman–Crippen MR) is 115 cm³/mol. The number of nitro benzene ring substituents is 1. The van der Waals surface area contributed by atoms with E-state index in [2.05, 4.69) is 6.07 Å². The van der Waals surface area contributed by atoms with Gasteiger partial charge in [0, 0.05) is 45.3 Å². The first-order valence-electron chi connectivity index (χ1n) is 9.61. The molecule has 0 radical (unpaired) electrons. The average molecular weight is 420 g/mol. The lowest BCUT2D eigenvalue weighted by atomic mass is 9.75. The highest BCUT2D eigenvalue weighted by molar-refractivity contribution is 7.12. The minimum atomic E-state index is -0.475. The Morgan fingerprint density at radius 2 is 1.97 bits per heavy atom. The fourth-order valence-corrected chi connectivity index (χ4v) is 5.32. The molecule has 1 aromatic carbocycles. The number of aryl methyl sites for hydroxylation is 2. The summed E-state index contributed by atoms with van der Waals surface area (Å²) in [5.41, 5.74) is 9.76. The first kappa shape index (κ1) is 19.9. The van der Waals surface area contributed by atoms with E-state index in [1.807, 2.05) is 19.9 Å². The van der Waals surface area contributed by atoms with Crippen LogP contribution in [-0.4, -0.2) is 10.7 Å². The number of hydrogen-bond donors (Lipinski definition) is 1. The number of nitriles is 1. The van der Waals surface area contributed by atoms with E-state index < -0.39 is 10.8 Å². The number of rotatable bonds is 3. The summed E-state index contributed by atoms with van der Waals surface area (Å²) in [4.78, 5) is 27.5. The maximum Gasteiger partial charge on any atom is 0.269 e. The van der Waals surface area contributed by atoms with Gasteiger partial charge in [0.2, 0.25) is 0 Å². The summed E-state index contributed by atoms with van der Waals surface area (Å²) < 4.78 is 0. The van der Waals surface area contributed by atoms with E-state index in [0.717, 1.165) is 21.0 Å². The fourth-order valence-electron chi connectivity index (χ4n) is 4.35. The fraction of sp³-hybridized carbons (Fsp3) is 0.273. The standard InChI is InChI=1S/C22H20N4O3S/c1-12-10-16(13(2)30-12)20-17(11-23)22(24)25(18-4-3-5-19(27)21(18)20)14-6-8-15(9-7-14)26(28)29/h6-10,20H,3-5,24H2,1-2H3/t20-/m1/s1. The van der Waals surface area contributed by atoms with Crippen LogP contribution in [0.2, 0.25) is 0 Å². The zero-order chi connectivity index (χ0) is 21.6. The zero-order valence-corrected chi connectivity index (χ0v) is 17.5.